The van der Waals surface area contributed by atoms with Crippen molar-refractivity contribution < 1.29 is 14.3 Å². The highest BCUT2D eigenvalue weighted by Crippen LogP contribution is 2.05. The van der Waals surface area contributed by atoms with E-state index >= 15 is 0 Å². The van der Waals surface area contributed by atoms with Gasteiger partial charge in [0.15, 0.2) is 0 Å². The molecule has 1 N–H and O–H groups in total. The quantitative estimate of drug-likeness (QED) is 0.422. The molecule has 4 nitrogen and oxygen atoms in total. The van der Waals surface area contributed by atoms with Crippen LogP contribution in [0.3, 0.4) is 0 Å². The molecule has 0 rings (SSSR count). The third-order valence-electron chi connectivity index (χ3n) is 1.96. The monoisotopic (exact) mass is 225 g/mol. The molecule has 0 bridgehead atoms. The van der Waals surface area contributed by atoms with Gasteiger partial charge in [-0.25, -0.2) is 4.79 Å². The van der Waals surface area contributed by atoms with Gasteiger partial charge in [-0.2, -0.15) is 0 Å². The summed E-state index contributed by atoms with van der Waals surface area (Å²) in [4.78, 5) is 22.4. The van der Waals surface area contributed by atoms with Crippen LogP contribution in [0.5, 0.6) is 0 Å². The molecule has 0 aromatic rings. The van der Waals surface area contributed by atoms with E-state index in [4.69, 9.17) is 4.74 Å². The number of carbonyl (C=O) groups excluding carboxylic acids is 2. The highest BCUT2D eigenvalue weighted by molar-refractivity contribution is 5.93. The molecular weight excluding hydrogens is 206 g/mol. The fourth-order valence-electron chi connectivity index (χ4n) is 0.807. The van der Waals surface area contributed by atoms with Gasteiger partial charge in [0.05, 0.1) is 6.54 Å². The van der Waals surface area contributed by atoms with Gasteiger partial charge in [-0.15, -0.1) is 0 Å². The first-order valence-corrected chi connectivity index (χ1v) is 5.16. The number of carbonyl (C=O) groups is 2. The number of hydrogen-bond acceptors (Lipinski definition) is 3. The average Bonchev–Trinajstić information content (AvgIpc) is 2.22. The third kappa shape index (κ3) is 5.34. The summed E-state index contributed by atoms with van der Waals surface area (Å²) in [5, 5.41) is 2.61. The Morgan fingerprint density at radius 2 is 1.88 bits per heavy atom. The van der Waals surface area contributed by atoms with Gasteiger partial charge in [0.1, 0.15) is 6.61 Å². The summed E-state index contributed by atoms with van der Waals surface area (Å²) < 4.78 is 4.81. The molecule has 0 aromatic carbocycles. The first kappa shape index (κ1) is 14.4. The van der Waals surface area contributed by atoms with E-state index in [1.807, 2.05) is 13.8 Å². The van der Waals surface area contributed by atoms with Gasteiger partial charge >= 0.3 is 5.97 Å². The molecule has 0 aliphatic carbocycles. The molecule has 0 aliphatic heterocycles. The number of nitrogens with one attached hydrogen (secondary N) is 1. The molecule has 0 aromatic heterocycles. The third-order valence-corrected chi connectivity index (χ3v) is 1.96. The van der Waals surface area contributed by atoms with Crippen molar-refractivity contribution >= 4 is 11.9 Å². The molecule has 0 aliphatic rings. The van der Waals surface area contributed by atoms with E-state index in [0.29, 0.717) is 11.1 Å². The van der Waals surface area contributed by atoms with E-state index in [-0.39, 0.29) is 25.0 Å². The minimum absolute atomic E-state index is 0.109. The molecule has 0 saturated heterocycles. The molecular formula is C12H19NO3. The summed E-state index contributed by atoms with van der Waals surface area (Å²) >= 11 is 0. The van der Waals surface area contributed by atoms with E-state index in [9.17, 15) is 9.59 Å². The first-order chi connectivity index (χ1) is 7.36. The van der Waals surface area contributed by atoms with Crippen LogP contribution in [-0.4, -0.2) is 25.0 Å². The maximum absolute atomic E-state index is 11.4. The van der Waals surface area contributed by atoms with Crippen LogP contribution in [0.25, 0.3) is 0 Å². The molecule has 0 unspecified atom stereocenters. The predicted molar refractivity (Wildman–Crippen MR) is 62.8 cm³/mol. The summed E-state index contributed by atoms with van der Waals surface area (Å²) in [6.45, 7) is 12.9. The maximum Gasteiger partial charge on any atom is 0.333 e. The van der Waals surface area contributed by atoms with Crippen molar-refractivity contribution in [2.45, 2.75) is 20.8 Å². The Hall–Kier alpha value is -1.58. The lowest BCUT2D eigenvalue weighted by atomic mass is 10.1. The first-order valence-electron chi connectivity index (χ1n) is 5.16. The van der Waals surface area contributed by atoms with Crippen LogP contribution >= 0.6 is 0 Å². The summed E-state index contributed by atoms with van der Waals surface area (Å²) in [6, 6.07) is 0. The highest BCUT2D eigenvalue weighted by Gasteiger charge is 2.10. The lowest BCUT2D eigenvalue weighted by molar-refractivity contribution is -0.139. The van der Waals surface area contributed by atoms with E-state index < -0.39 is 5.97 Å². The molecule has 90 valence electrons. The van der Waals surface area contributed by atoms with Gasteiger partial charge in [-0.05, 0) is 12.8 Å². The van der Waals surface area contributed by atoms with Crippen molar-refractivity contribution in [2.75, 3.05) is 13.2 Å². The summed E-state index contributed by atoms with van der Waals surface area (Å²) in [5.41, 5.74) is 0.865. The second kappa shape index (κ2) is 6.82. The second-order valence-corrected chi connectivity index (χ2v) is 3.85. The van der Waals surface area contributed by atoms with Crippen LogP contribution in [0.2, 0.25) is 0 Å². The zero-order valence-corrected chi connectivity index (χ0v) is 10.1. The van der Waals surface area contributed by atoms with Gasteiger partial charge in [-0.3, -0.25) is 4.79 Å². The molecule has 1 amide bonds. The van der Waals surface area contributed by atoms with Crippen LogP contribution in [0.4, 0.5) is 0 Å². The zero-order chi connectivity index (χ0) is 12.7. The van der Waals surface area contributed by atoms with Crippen molar-refractivity contribution in [3.8, 4) is 0 Å². The Morgan fingerprint density at radius 3 is 2.31 bits per heavy atom. The lowest BCUT2D eigenvalue weighted by Gasteiger charge is -2.10. The molecule has 0 saturated carbocycles. The van der Waals surface area contributed by atoms with E-state index in [1.54, 1.807) is 6.92 Å². The van der Waals surface area contributed by atoms with Crippen LogP contribution in [0.1, 0.15) is 20.8 Å². The van der Waals surface area contributed by atoms with Crippen LogP contribution in [0, 0.1) is 5.92 Å². The number of hydrogen-bond donors (Lipinski definition) is 1. The van der Waals surface area contributed by atoms with Gasteiger partial charge in [0.25, 0.3) is 0 Å². The van der Waals surface area contributed by atoms with E-state index in [2.05, 4.69) is 18.5 Å². The van der Waals surface area contributed by atoms with Gasteiger partial charge in [0.2, 0.25) is 5.91 Å². The van der Waals surface area contributed by atoms with E-state index in [0.717, 1.165) is 0 Å². The second-order valence-electron chi connectivity index (χ2n) is 3.85. The van der Waals surface area contributed by atoms with Gasteiger partial charge in [0, 0.05) is 11.1 Å². The van der Waals surface area contributed by atoms with Gasteiger partial charge in [-0.1, -0.05) is 27.0 Å². The van der Waals surface area contributed by atoms with Crippen LogP contribution in [0.15, 0.2) is 24.3 Å². The van der Waals surface area contributed by atoms with Crippen LogP contribution < -0.4 is 5.32 Å². The number of ether oxygens (including phenoxy) is 1. The highest BCUT2D eigenvalue weighted by atomic mass is 16.5. The summed E-state index contributed by atoms with van der Waals surface area (Å²) in [7, 11) is 0. The van der Waals surface area contributed by atoms with Crippen molar-refractivity contribution in [3.63, 3.8) is 0 Å². The van der Waals surface area contributed by atoms with Crippen molar-refractivity contribution in [3.05, 3.63) is 24.3 Å². The number of amides is 1. The normalized spacial score (nSPS) is 9.75. The molecule has 0 atom stereocenters. The van der Waals surface area contributed by atoms with Crippen LogP contribution in [-0.2, 0) is 14.3 Å². The maximum atomic E-state index is 11.4. The Kier molecular flexibility index (Phi) is 6.15. The molecule has 0 radical (unpaired) electrons. The standard InChI is InChI=1S/C12H19NO3/c1-8(2)10(5)11(14)13-6-7-16-12(15)9(3)4/h8H,3,5-7H2,1-2,4H3,(H,13,14). The Bertz CT molecular complexity index is 305. The number of rotatable bonds is 6. The number of esters is 1. The topological polar surface area (TPSA) is 55.4 Å². The van der Waals surface area contributed by atoms with E-state index in [1.165, 1.54) is 0 Å². The zero-order valence-electron chi connectivity index (χ0n) is 10.1. The molecule has 0 spiro atoms. The van der Waals surface area contributed by atoms with Crippen molar-refractivity contribution in [1.29, 1.82) is 0 Å². The van der Waals surface area contributed by atoms with Gasteiger partial charge < -0.3 is 10.1 Å². The molecule has 0 fully saturated rings. The minimum Gasteiger partial charge on any atom is -0.460 e. The summed E-state index contributed by atoms with van der Waals surface area (Å²) in [6.07, 6.45) is 0. The Balaban J connectivity index is 3.76. The summed E-state index contributed by atoms with van der Waals surface area (Å²) in [5.74, 6) is -0.545. The largest absolute Gasteiger partial charge is 0.460 e. The molecule has 4 heteroatoms. The smallest absolute Gasteiger partial charge is 0.333 e. The minimum atomic E-state index is -0.447. The Labute approximate surface area is 96.4 Å². The fourth-order valence-corrected chi connectivity index (χ4v) is 0.807. The predicted octanol–water partition coefficient (Wildman–Crippen LogP) is 1.43. The molecule has 16 heavy (non-hydrogen) atoms. The lowest BCUT2D eigenvalue weighted by Crippen LogP contribution is -2.30. The Morgan fingerprint density at radius 1 is 1.31 bits per heavy atom. The molecule has 0 heterocycles. The van der Waals surface area contributed by atoms with Crippen molar-refractivity contribution in [1.82, 2.24) is 5.32 Å². The average molecular weight is 225 g/mol. The van der Waals surface area contributed by atoms with Crippen molar-refractivity contribution in [2.24, 2.45) is 5.92 Å². The fraction of sp³-hybridized carbons (Fsp3) is 0.500. The SMILES string of the molecule is C=C(C)C(=O)OCCNC(=O)C(=C)C(C)C.